The fourth-order valence-corrected chi connectivity index (χ4v) is 0.770. The Balaban J connectivity index is 4.00. The summed E-state index contributed by atoms with van der Waals surface area (Å²) in [5, 5.41) is 0. The van der Waals surface area contributed by atoms with Gasteiger partial charge in [0.25, 0.3) is 0 Å². The Morgan fingerprint density at radius 2 is 2.46 bits per heavy atom. The highest BCUT2D eigenvalue weighted by atomic mass is 16.6. The van der Waals surface area contributed by atoms with Crippen LogP contribution in [0.15, 0.2) is 17.6 Å². The fourth-order valence-electron chi connectivity index (χ4n) is 0.770. The zero-order valence-electron chi connectivity index (χ0n) is 7.66. The van der Waals surface area contributed by atoms with E-state index in [1.807, 2.05) is 6.92 Å². The van der Waals surface area contributed by atoms with E-state index in [1.165, 1.54) is 6.08 Å². The van der Waals surface area contributed by atoms with Gasteiger partial charge in [0.1, 0.15) is 0 Å². The SMILES string of the molecule is C=CC(=O)OC(CCCC)N=C=O. The smallest absolute Gasteiger partial charge is 0.332 e. The molecule has 0 fully saturated rings. The topological polar surface area (TPSA) is 55.7 Å². The highest BCUT2D eigenvalue weighted by molar-refractivity contribution is 5.81. The average Bonchev–Trinajstić information content (AvgIpc) is 2.14. The molecule has 0 aromatic carbocycles. The van der Waals surface area contributed by atoms with Crippen molar-refractivity contribution in [2.75, 3.05) is 0 Å². The summed E-state index contributed by atoms with van der Waals surface area (Å²) in [5.41, 5.74) is 0. The number of rotatable bonds is 6. The second-order valence-electron chi connectivity index (χ2n) is 2.46. The summed E-state index contributed by atoms with van der Waals surface area (Å²) in [7, 11) is 0. The van der Waals surface area contributed by atoms with Crippen molar-refractivity contribution in [1.29, 1.82) is 0 Å². The molecule has 0 bridgehead atoms. The van der Waals surface area contributed by atoms with Crippen LogP contribution in [-0.2, 0) is 14.3 Å². The van der Waals surface area contributed by atoms with Gasteiger partial charge in [0.2, 0.25) is 12.3 Å². The van der Waals surface area contributed by atoms with Crippen molar-refractivity contribution in [3.8, 4) is 0 Å². The first kappa shape index (κ1) is 11.6. The number of aliphatic imine (C=N–C) groups is 1. The van der Waals surface area contributed by atoms with Gasteiger partial charge in [0.05, 0.1) is 0 Å². The Labute approximate surface area is 77.3 Å². The number of ether oxygens (including phenoxy) is 1. The van der Waals surface area contributed by atoms with Crippen molar-refractivity contribution in [3.05, 3.63) is 12.7 Å². The minimum absolute atomic E-state index is 0.547. The molecule has 72 valence electrons. The molecular formula is C9H13NO3. The lowest BCUT2D eigenvalue weighted by molar-refractivity contribution is -0.142. The van der Waals surface area contributed by atoms with Crippen LogP contribution in [0.5, 0.6) is 0 Å². The summed E-state index contributed by atoms with van der Waals surface area (Å²) in [4.78, 5) is 24.0. The first-order chi connectivity index (χ1) is 6.24. The molecule has 0 aromatic heterocycles. The third-order valence-electron chi connectivity index (χ3n) is 1.42. The third kappa shape index (κ3) is 5.82. The first-order valence-electron chi connectivity index (χ1n) is 4.14. The summed E-state index contributed by atoms with van der Waals surface area (Å²) >= 11 is 0. The van der Waals surface area contributed by atoms with E-state index in [2.05, 4.69) is 11.6 Å². The summed E-state index contributed by atoms with van der Waals surface area (Å²) in [6.07, 6.45) is 4.05. The van der Waals surface area contributed by atoms with E-state index >= 15 is 0 Å². The molecule has 0 saturated heterocycles. The van der Waals surface area contributed by atoms with Crippen LogP contribution < -0.4 is 0 Å². The summed E-state index contributed by atoms with van der Waals surface area (Å²) in [5.74, 6) is -0.569. The molecule has 0 amide bonds. The van der Waals surface area contributed by atoms with Crippen LogP contribution >= 0.6 is 0 Å². The van der Waals surface area contributed by atoms with Crippen LogP contribution in [0.3, 0.4) is 0 Å². The van der Waals surface area contributed by atoms with Crippen molar-refractivity contribution < 1.29 is 14.3 Å². The predicted octanol–water partition coefficient (Wildman–Crippen LogP) is 1.57. The number of carbonyl (C=O) groups is 1. The molecule has 0 aliphatic rings. The van der Waals surface area contributed by atoms with Gasteiger partial charge in [0.15, 0.2) is 0 Å². The van der Waals surface area contributed by atoms with Gasteiger partial charge >= 0.3 is 5.97 Å². The quantitative estimate of drug-likeness (QED) is 0.272. The highest BCUT2D eigenvalue weighted by Gasteiger charge is 2.09. The molecule has 0 aliphatic carbocycles. The molecule has 0 rings (SSSR count). The lowest BCUT2D eigenvalue weighted by Gasteiger charge is -2.09. The largest absolute Gasteiger partial charge is 0.436 e. The lowest BCUT2D eigenvalue weighted by Crippen LogP contribution is -2.14. The van der Waals surface area contributed by atoms with E-state index in [-0.39, 0.29) is 0 Å². The minimum atomic E-state index is -0.706. The summed E-state index contributed by atoms with van der Waals surface area (Å²) in [6, 6.07) is 0. The van der Waals surface area contributed by atoms with Crippen LogP contribution in [0.1, 0.15) is 26.2 Å². The van der Waals surface area contributed by atoms with E-state index in [1.54, 1.807) is 0 Å². The molecule has 4 nitrogen and oxygen atoms in total. The summed E-state index contributed by atoms with van der Waals surface area (Å²) < 4.78 is 4.76. The highest BCUT2D eigenvalue weighted by Crippen LogP contribution is 2.05. The molecule has 13 heavy (non-hydrogen) atoms. The molecule has 0 spiro atoms. The van der Waals surface area contributed by atoms with Crippen molar-refractivity contribution in [2.24, 2.45) is 4.99 Å². The predicted molar refractivity (Wildman–Crippen MR) is 47.7 cm³/mol. The van der Waals surface area contributed by atoms with Crippen molar-refractivity contribution >= 4 is 12.0 Å². The Morgan fingerprint density at radius 3 is 2.92 bits per heavy atom. The number of hydrogen-bond donors (Lipinski definition) is 0. The number of hydrogen-bond acceptors (Lipinski definition) is 4. The minimum Gasteiger partial charge on any atom is -0.436 e. The van der Waals surface area contributed by atoms with Gasteiger partial charge in [0, 0.05) is 12.5 Å². The van der Waals surface area contributed by atoms with Gasteiger partial charge in [-0.2, -0.15) is 4.99 Å². The number of nitrogens with zero attached hydrogens (tertiary/aromatic N) is 1. The maximum Gasteiger partial charge on any atom is 0.332 e. The van der Waals surface area contributed by atoms with Crippen molar-refractivity contribution in [2.45, 2.75) is 32.4 Å². The van der Waals surface area contributed by atoms with Gasteiger partial charge in [-0.1, -0.05) is 19.9 Å². The normalized spacial score (nSPS) is 11.2. The van der Waals surface area contributed by atoms with Gasteiger partial charge in [-0.3, -0.25) is 0 Å². The molecule has 1 unspecified atom stereocenters. The Kier molecular flexibility index (Phi) is 6.46. The second-order valence-corrected chi connectivity index (χ2v) is 2.46. The molecule has 0 heterocycles. The van der Waals surface area contributed by atoms with Crippen LogP contribution in [0.2, 0.25) is 0 Å². The number of unbranched alkanes of at least 4 members (excludes halogenated alkanes) is 1. The Hall–Kier alpha value is -1.41. The maximum atomic E-state index is 10.7. The van der Waals surface area contributed by atoms with E-state index in [0.29, 0.717) is 6.42 Å². The zero-order valence-corrected chi connectivity index (χ0v) is 7.66. The fraction of sp³-hybridized carbons (Fsp3) is 0.556. The Morgan fingerprint density at radius 1 is 1.77 bits per heavy atom. The molecule has 0 saturated carbocycles. The maximum absolute atomic E-state index is 10.7. The first-order valence-corrected chi connectivity index (χ1v) is 4.14. The van der Waals surface area contributed by atoms with Crippen LogP contribution in [0.4, 0.5) is 0 Å². The van der Waals surface area contributed by atoms with Gasteiger partial charge < -0.3 is 4.74 Å². The molecule has 0 N–H and O–H groups in total. The van der Waals surface area contributed by atoms with Gasteiger partial charge in [-0.25, -0.2) is 9.59 Å². The van der Waals surface area contributed by atoms with Crippen molar-refractivity contribution in [1.82, 2.24) is 0 Å². The van der Waals surface area contributed by atoms with Crippen LogP contribution in [0, 0.1) is 0 Å². The zero-order chi connectivity index (χ0) is 10.1. The molecule has 0 aromatic rings. The van der Waals surface area contributed by atoms with Crippen LogP contribution in [0.25, 0.3) is 0 Å². The van der Waals surface area contributed by atoms with E-state index in [9.17, 15) is 9.59 Å². The molecule has 0 aliphatic heterocycles. The number of carbonyl (C=O) groups excluding carboxylic acids is 2. The number of esters is 1. The molecular weight excluding hydrogens is 170 g/mol. The number of isocyanates is 1. The molecule has 0 radical (unpaired) electrons. The monoisotopic (exact) mass is 183 g/mol. The lowest BCUT2D eigenvalue weighted by atomic mass is 10.2. The van der Waals surface area contributed by atoms with E-state index in [0.717, 1.165) is 18.9 Å². The third-order valence-corrected chi connectivity index (χ3v) is 1.42. The molecule has 1 atom stereocenters. The van der Waals surface area contributed by atoms with Gasteiger partial charge in [-0.05, 0) is 6.42 Å². The average molecular weight is 183 g/mol. The molecule has 4 heteroatoms. The van der Waals surface area contributed by atoms with Crippen LogP contribution in [-0.4, -0.2) is 18.3 Å². The van der Waals surface area contributed by atoms with Crippen molar-refractivity contribution in [3.63, 3.8) is 0 Å². The standard InChI is InChI=1S/C9H13NO3/c1-3-5-6-8(10-7-11)13-9(12)4-2/h4,8H,2-3,5-6H2,1H3. The van der Waals surface area contributed by atoms with E-state index < -0.39 is 12.2 Å². The summed E-state index contributed by atoms with van der Waals surface area (Å²) in [6.45, 7) is 5.24. The Bertz CT molecular complexity index is 219. The van der Waals surface area contributed by atoms with E-state index in [4.69, 9.17) is 4.74 Å². The second kappa shape index (κ2) is 7.25. The van der Waals surface area contributed by atoms with Gasteiger partial charge in [-0.15, -0.1) is 0 Å².